The smallest absolute Gasteiger partial charge is 0.237 e. The van der Waals surface area contributed by atoms with Crippen molar-refractivity contribution in [1.29, 1.82) is 0 Å². The second kappa shape index (κ2) is 6.75. The first-order valence-corrected chi connectivity index (χ1v) is 7.35. The van der Waals surface area contributed by atoms with Gasteiger partial charge in [0.25, 0.3) is 0 Å². The van der Waals surface area contributed by atoms with Crippen LogP contribution in [0.5, 0.6) is 5.75 Å². The summed E-state index contributed by atoms with van der Waals surface area (Å²) in [6.07, 6.45) is 2.52. The van der Waals surface area contributed by atoms with E-state index in [1.54, 1.807) is 0 Å². The quantitative estimate of drug-likeness (QED) is 0.887. The van der Waals surface area contributed by atoms with Gasteiger partial charge in [0.05, 0.1) is 18.7 Å². The molecule has 4 heteroatoms. The molecule has 1 aromatic rings. The molecule has 2 rings (SSSR count). The average molecular weight is 276 g/mol. The Morgan fingerprint density at radius 3 is 2.95 bits per heavy atom. The number of amides is 1. The number of para-hydroxylation sites is 1. The third kappa shape index (κ3) is 3.73. The Labute approximate surface area is 120 Å². The van der Waals surface area contributed by atoms with Crippen LogP contribution in [0.4, 0.5) is 0 Å². The molecule has 1 aromatic carbocycles. The summed E-state index contributed by atoms with van der Waals surface area (Å²) in [5, 5.41) is 3.08. The van der Waals surface area contributed by atoms with Gasteiger partial charge in [-0.25, -0.2) is 0 Å². The van der Waals surface area contributed by atoms with E-state index in [-0.39, 0.29) is 11.9 Å². The van der Waals surface area contributed by atoms with Gasteiger partial charge in [-0.1, -0.05) is 32.0 Å². The SMILES string of the molecule is CC(C)C[C@H](N)C(=O)NC1CCCOc2ccccc21. The summed E-state index contributed by atoms with van der Waals surface area (Å²) >= 11 is 0. The van der Waals surface area contributed by atoms with Gasteiger partial charge in [0.15, 0.2) is 0 Å². The van der Waals surface area contributed by atoms with Crippen LogP contribution in [-0.2, 0) is 4.79 Å². The number of hydrogen-bond donors (Lipinski definition) is 2. The zero-order valence-electron chi connectivity index (χ0n) is 12.3. The molecule has 0 radical (unpaired) electrons. The summed E-state index contributed by atoms with van der Waals surface area (Å²) in [5.41, 5.74) is 7.00. The third-order valence-corrected chi connectivity index (χ3v) is 3.57. The van der Waals surface area contributed by atoms with E-state index < -0.39 is 6.04 Å². The Bertz CT molecular complexity index is 460. The molecule has 0 fully saturated rings. The van der Waals surface area contributed by atoms with Crippen LogP contribution >= 0.6 is 0 Å². The lowest BCUT2D eigenvalue weighted by Crippen LogP contribution is -2.42. The van der Waals surface area contributed by atoms with Crippen LogP contribution in [0.2, 0.25) is 0 Å². The Balaban J connectivity index is 2.07. The number of benzene rings is 1. The summed E-state index contributed by atoms with van der Waals surface area (Å²) in [7, 11) is 0. The number of rotatable bonds is 4. The molecule has 3 N–H and O–H groups in total. The zero-order valence-corrected chi connectivity index (χ0v) is 12.3. The van der Waals surface area contributed by atoms with Crippen LogP contribution in [0.25, 0.3) is 0 Å². The molecule has 110 valence electrons. The van der Waals surface area contributed by atoms with Crippen molar-refractivity contribution in [1.82, 2.24) is 5.32 Å². The maximum atomic E-state index is 12.2. The molecule has 1 unspecified atom stereocenters. The number of hydrogen-bond acceptors (Lipinski definition) is 3. The topological polar surface area (TPSA) is 64.4 Å². The zero-order chi connectivity index (χ0) is 14.5. The molecule has 4 nitrogen and oxygen atoms in total. The van der Waals surface area contributed by atoms with Gasteiger partial charge < -0.3 is 15.8 Å². The van der Waals surface area contributed by atoms with Crippen LogP contribution in [0.1, 0.15) is 44.7 Å². The number of nitrogens with two attached hydrogens (primary N) is 1. The van der Waals surface area contributed by atoms with Crippen molar-refractivity contribution in [3.63, 3.8) is 0 Å². The minimum atomic E-state index is -0.439. The van der Waals surface area contributed by atoms with E-state index in [2.05, 4.69) is 19.2 Å². The van der Waals surface area contributed by atoms with Crippen molar-refractivity contribution < 1.29 is 9.53 Å². The first kappa shape index (κ1) is 14.9. The molecule has 20 heavy (non-hydrogen) atoms. The third-order valence-electron chi connectivity index (χ3n) is 3.57. The molecule has 0 bridgehead atoms. The summed E-state index contributed by atoms with van der Waals surface area (Å²) in [4.78, 5) is 12.2. The maximum absolute atomic E-state index is 12.2. The highest BCUT2D eigenvalue weighted by Gasteiger charge is 2.23. The number of ether oxygens (including phenoxy) is 1. The first-order valence-electron chi connectivity index (χ1n) is 7.35. The molecular formula is C16H24N2O2. The van der Waals surface area contributed by atoms with E-state index in [1.807, 2.05) is 24.3 Å². The molecule has 0 aliphatic carbocycles. The van der Waals surface area contributed by atoms with Crippen molar-refractivity contribution in [2.75, 3.05) is 6.61 Å². The average Bonchev–Trinajstić information content (AvgIpc) is 2.61. The van der Waals surface area contributed by atoms with Crippen LogP contribution < -0.4 is 15.8 Å². The van der Waals surface area contributed by atoms with Crippen molar-refractivity contribution in [2.45, 2.75) is 45.2 Å². The largest absolute Gasteiger partial charge is 0.493 e. The van der Waals surface area contributed by atoms with Gasteiger partial charge >= 0.3 is 0 Å². The molecular weight excluding hydrogens is 252 g/mol. The predicted octanol–water partition coefficient (Wildman–Crippen LogP) is 2.39. The fraction of sp³-hybridized carbons (Fsp3) is 0.562. The highest BCUT2D eigenvalue weighted by atomic mass is 16.5. The molecule has 0 spiro atoms. The van der Waals surface area contributed by atoms with Gasteiger partial charge in [-0.15, -0.1) is 0 Å². The van der Waals surface area contributed by atoms with Crippen LogP contribution in [0, 0.1) is 5.92 Å². The molecule has 0 aromatic heterocycles. The lowest BCUT2D eigenvalue weighted by molar-refractivity contribution is -0.123. The molecule has 1 aliphatic heterocycles. The molecule has 1 aliphatic rings. The van der Waals surface area contributed by atoms with Crippen molar-refractivity contribution in [3.05, 3.63) is 29.8 Å². The fourth-order valence-electron chi connectivity index (χ4n) is 2.57. The molecule has 0 saturated carbocycles. The highest BCUT2D eigenvalue weighted by molar-refractivity contribution is 5.82. The van der Waals surface area contributed by atoms with Gasteiger partial charge in [-0.05, 0) is 31.2 Å². The van der Waals surface area contributed by atoms with E-state index >= 15 is 0 Å². The van der Waals surface area contributed by atoms with Crippen LogP contribution in [0.15, 0.2) is 24.3 Å². The Hall–Kier alpha value is -1.55. The van der Waals surface area contributed by atoms with Gasteiger partial charge in [0.2, 0.25) is 5.91 Å². The maximum Gasteiger partial charge on any atom is 0.237 e. The number of nitrogens with one attached hydrogen (secondary N) is 1. The van der Waals surface area contributed by atoms with Crippen molar-refractivity contribution in [3.8, 4) is 5.75 Å². The fourth-order valence-corrected chi connectivity index (χ4v) is 2.57. The van der Waals surface area contributed by atoms with E-state index in [0.29, 0.717) is 18.9 Å². The van der Waals surface area contributed by atoms with E-state index in [4.69, 9.17) is 10.5 Å². The van der Waals surface area contributed by atoms with Gasteiger partial charge in [-0.2, -0.15) is 0 Å². The lowest BCUT2D eigenvalue weighted by atomic mass is 10.00. The summed E-state index contributed by atoms with van der Waals surface area (Å²) in [6.45, 7) is 4.84. The van der Waals surface area contributed by atoms with Crippen molar-refractivity contribution in [2.24, 2.45) is 11.7 Å². The number of carbonyl (C=O) groups excluding carboxylic acids is 1. The predicted molar refractivity (Wildman–Crippen MR) is 79.5 cm³/mol. The van der Waals surface area contributed by atoms with E-state index in [0.717, 1.165) is 24.2 Å². The number of fused-ring (bicyclic) bond motifs is 1. The first-order chi connectivity index (χ1) is 9.58. The van der Waals surface area contributed by atoms with Crippen LogP contribution in [-0.4, -0.2) is 18.6 Å². The monoisotopic (exact) mass is 276 g/mol. The van der Waals surface area contributed by atoms with E-state index in [9.17, 15) is 4.79 Å². The Morgan fingerprint density at radius 1 is 1.45 bits per heavy atom. The minimum absolute atomic E-state index is 0.000544. The summed E-state index contributed by atoms with van der Waals surface area (Å²) < 4.78 is 5.70. The van der Waals surface area contributed by atoms with E-state index in [1.165, 1.54) is 0 Å². The number of carbonyl (C=O) groups is 1. The van der Waals surface area contributed by atoms with Gasteiger partial charge in [-0.3, -0.25) is 4.79 Å². The minimum Gasteiger partial charge on any atom is -0.493 e. The normalized spacial score (nSPS) is 19.7. The summed E-state index contributed by atoms with van der Waals surface area (Å²) in [6, 6.07) is 7.45. The standard InChI is InChI=1S/C16H24N2O2/c1-11(2)10-13(17)16(19)18-14-7-5-9-20-15-8-4-3-6-12(14)15/h3-4,6,8,11,13-14H,5,7,9-10,17H2,1-2H3,(H,18,19)/t13-,14?/m0/s1. The Morgan fingerprint density at radius 2 is 2.20 bits per heavy atom. The van der Waals surface area contributed by atoms with Gasteiger partial charge in [0.1, 0.15) is 5.75 Å². The molecule has 1 heterocycles. The second-order valence-corrected chi connectivity index (χ2v) is 5.83. The summed E-state index contributed by atoms with van der Waals surface area (Å²) in [5.74, 6) is 1.22. The van der Waals surface area contributed by atoms with Crippen LogP contribution in [0.3, 0.4) is 0 Å². The Kier molecular flexibility index (Phi) is 5.01. The lowest BCUT2D eigenvalue weighted by Gasteiger charge is -2.21. The molecule has 2 atom stereocenters. The van der Waals surface area contributed by atoms with Gasteiger partial charge in [0, 0.05) is 5.56 Å². The molecule has 1 amide bonds. The molecule has 0 saturated heterocycles. The highest BCUT2D eigenvalue weighted by Crippen LogP contribution is 2.31. The van der Waals surface area contributed by atoms with Crippen molar-refractivity contribution >= 4 is 5.91 Å². The second-order valence-electron chi connectivity index (χ2n) is 5.83.